The molecule has 246 valence electrons. The molecule has 0 radical (unpaired) electrons. The summed E-state index contributed by atoms with van der Waals surface area (Å²) < 4.78 is 60.6. The first-order valence-electron chi connectivity index (χ1n) is 15.2. The van der Waals surface area contributed by atoms with E-state index in [2.05, 4.69) is 43.4 Å². The molecule has 0 atom stereocenters. The molecule has 0 aliphatic heterocycles. The molecule has 45 heavy (non-hydrogen) atoms. The van der Waals surface area contributed by atoms with Gasteiger partial charge in [-0.15, -0.1) is 0 Å². The number of benzene rings is 2. The highest BCUT2D eigenvalue weighted by molar-refractivity contribution is 9.10. The number of anilines is 2. The Kier molecular flexibility index (Phi) is 12.4. The molecule has 3 aromatic rings. The summed E-state index contributed by atoms with van der Waals surface area (Å²) in [5, 5.41) is 15.3. The third kappa shape index (κ3) is 10.8. The third-order valence-corrected chi connectivity index (χ3v) is 10.3. The summed E-state index contributed by atoms with van der Waals surface area (Å²) in [6.07, 6.45) is 5.72. The van der Waals surface area contributed by atoms with Gasteiger partial charge in [0, 0.05) is 29.5 Å². The first kappa shape index (κ1) is 34.9. The maximum Gasteiger partial charge on any atom is 0.490 e. The number of carboxylic acids is 1. The number of halogens is 4. The van der Waals surface area contributed by atoms with Gasteiger partial charge in [0.15, 0.2) is 0 Å². The van der Waals surface area contributed by atoms with Gasteiger partial charge < -0.3 is 15.7 Å². The highest BCUT2D eigenvalue weighted by atomic mass is 79.9. The van der Waals surface area contributed by atoms with Crippen LogP contribution in [0, 0.1) is 17.8 Å². The normalized spacial score (nSPS) is 19.4. The van der Waals surface area contributed by atoms with Crippen LogP contribution in [-0.4, -0.2) is 55.3 Å². The van der Waals surface area contributed by atoms with Crippen LogP contribution >= 0.6 is 15.9 Å². The minimum atomic E-state index is -5.08. The van der Waals surface area contributed by atoms with Gasteiger partial charge in [0.05, 0.1) is 10.4 Å². The molecule has 0 saturated heterocycles. The van der Waals surface area contributed by atoms with Gasteiger partial charge in [-0.2, -0.15) is 18.2 Å². The van der Waals surface area contributed by atoms with E-state index in [1.807, 2.05) is 12.1 Å². The van der Waals surface area contributed by atoms with Crippen molar-refractivity contribution in [2.45, 2.75) is 68.9 Å². The molecule has 2 aliphatic rings. The van der Waals surface area contributed by atoms with E-state index in [0.717, 1.165) is 65.9 Å². The van der Waals surface area contributed by atoms with E-state index in [-0.39, 0.29) is 0 Å². The summed E-state index contributed by atoms with van der Waals surface area (Å²) in [4.78, 5) is 18.8. The highest BCUT2D eigenvalue weighted by Crippen LogP contribution is 2.30. The Morgan fingerprint density at radius 2 is 1.38 bits per heavy atom. The predicted molar refractivity (Wildman–Crippen MR) is 172 cm³/mol. The maximum absolute atomic E-state index is 12.6. The van der Waals surface area contributed by atoms with Crippen molar-refractivity contribution in [2.24, 2.45) is 17.8 Å². The number of alkyl halides is 3. The van der Waals surface area contributed by atoms with Crippen molar-refractivity contribution in [1.82, 2.24) is 14.7 Å². The zero-order valence-corrected chi connectivity index (χ0v) is 27.2. The van der Waals surface area contributed by atoms with E-state index in [1.165, 1.54) is 32.1 Å². The van der Waals surface area contributed by atoms with Crippen LogP contribution in [-0.2, 0) is 14.8 Å². The Bertz CT molecular complexity index is 1510. The smallest absolute Gasteiger partial charge is 0.475 e. The molecule has 0 amide bonds. The first-order chi connectivity index (χ1) is 21.4. The number of carboxylic acid groups (broad SMARTS) is 1. The van der Waals surface area contributed by atoms with Gasteiger partial charge in [-0.3, -0.25) is 0 Å². The molecule has 4 N–H and O–H groups in total. The Hall–Kier alpha value is -2.97. The van der Waals surface area contributed by atoms with Crippen molar-refractivity contribution in [3.8, 4) is 0 Å². The second-order valence-electron chi connectivity index (χ2n) is 11.7. The van der Waals surface area contributed by atoms with E-state index < -0.39 is 22.2 Å². The van der Waals surface area contributed by atoms with Crippen LogP contribution < -0.4 is 15.4 Å². The zero-order valence-electron chi connectivity index (χ0n) is 24.8. The Balaban J connectivity index is 0.000000591. The lowest BCUT2D eigenvalue weighted by molar-refractivity contribution is -0.192. The van der Waals surface area contributed by atoms with Crippen LogP contribution in [0.5, 0.6) is 0 Å². The zero-order chi connectivity index (χ0) is 32.5. The van der Waals surface area contributed by atoms with Crippen LogP contribution in [0.15, 0.2) is 57.9 Å². The molecule has 2 saturated carbocycles. The van der Waals surface area contributed by atoms with Crippen LogP contribution in [0.1, 0.15) is 57.8 Å². The fraction of sp³-hybridized carbons (Fsp3) is 0.516. The van der Waals surface area contributed by atoms with Crippen molar-refractivity contribution < 1.29 is 31.5 Å². The number of hydrogen-bond acceptors (Lipinski definition) is 7. The van der Waals surface area contributed by atoms with Crippen molar-refractivity contribution in [3.63, 3.8) is 0 Å². The van der Waals surface area contributed by atoms with Gasteiger partial charge in [0.2, 0.25) is 16.0 Å². The van der Waals surface area contributed by atoms with E-state index >= 15 is 0 Å². The molecule has 2 aromatic carbocycles. The summed E-state index contributed by atoms with van der Waals surface area (Å²) in [5.74, 6) is 0.465. The van der Waals surface area contributed by atoms with Crippen LogP contribution in [0.25, 0.3) is 10.9 Å². The molecule has 1 heterocycles. The van der Waals surface area contributed by atoms with E-state index in [4.69, 9.17) is 19.9 Å². The average Bonchev–Trinajstić information content (AvgIpc) is 3.03. The number of aliphatic carboxylic acids is 1. The minimum Gasteiger partial charge on any atom is -0.475 e. The number of nitrogens with one attached hydrogen (secondary N) is 3. The number of nitrogens with zero attached hydrogens (tertiary/aromatic N) is 2. The number of aromatic nitrogens is 2. The molecule has 14 heteroatoms. The van der Waals surface area contributed by atoms with Crippen LogP contribution in [0.4, 0.5) is 24.9 Å². The lowest BCUT2D eigenvalue weighted by Gasteiger charge is -2.28. The van der Waals surface area contributed by atoms with Gasteiger partial charge >= 0.3 is 12.1 Å². The van der Waals surface area contributed by atoms with Gasteiger partial charge in [0.25, 0.3) is 0 Å². The van der Waals surface area contributed by atoms with Crippen LogP contribution in [0.3, 0.4) is 0 Å². The number of sulfonamides is 1. The Labute approximate surface area is 270 Å². The van der Waals surface area contributed by atoms with Crippen LogP contribution in [0.2, 0.25) is 0 Å². The molecule has 0 spiro atoms. The van der Waals surface area contributed by atoms with Gasteiger partial charge in [-0.05, 0) is 92.7 Å². The summed E-state index contributed by atoms with van der Waals surface area (Å²) in [6.45, 7) is 2.29. The second-order valence-corrected chi connectivity index (χ2v) is 14.4. The number of rotatable bonds is 10. The summed E-state index contributed by atoms with van der Waals surface area (Å²) >= 11 is 3.35. The largest absolute Gasteiger partial charge is 0.490 e. The van der Waals surface area contributed by atoms with Crippen molar-refractivity contribution in [1.29, 1.82) is 0 Å². The third-order valence-electron chi connectivity index (χ3n) is 8.33. The predicted octanol–water partition coefficient (Wildman–Crippen LogP) is 7.21. The molecule has 2 fully saturated rings. The Morgan fingerprint density at radius 3 is 2.00 bits per heavy atom. The fourth-order valence-electron chi connectivity index (χ4n) is 5.72. The number of hydrogen-bond donors (Lipinski definition) is 4. The lowest BCUT2D eigenvalue weighted by atomic mass is 9.82. The fourth-order valence-corrected chi connectivity index (χ4v) is 7.10. The monoisotopic (exact) mass is 713 g/mol. The van der Waals surface area contributed by atoms with E-state index in [1.54, 1.807) is 24.3 Å². The lowest BCUT2D eigenvalue weighted by Crippen LogP contribution is -2.32. The minimum absolute atomic E-state index is 0.307. The highest BCUT2D eigenvalue weighted by Gasteiger charge is 2.38. The van der Waals surface area contributed by atoms with Gasteiger partial charge in [-0.1, -0.05) is 47.3 Å². The number of fused-ring (bicyclic) bond motifs is 1. The van der Waals surface area contributed by atoms with Crippen molar-refractivity contribution in [3.05, 3.63) is 53.0 Å². The second kappa shape index (κ2) is 16.0. The van der Waals surface area contributed by atoms with E-state index in [9.17, 15) is 21.6 Å². The summed E-state index contributed by atoms with van der Waals surface area (Å²) in [6, 6.07) is 15.0. The van der Waals surface area contributed by atoms with Crippen molar-refractivity contribution in [2.75, 3.05) is 30.3 Å². The summed E-state index contributed by atoms with van der Waals surface area (Å²) in [5.41, 5.74) is 0.956. The average molecular weight is 715 g/mol. The molecular weight excluding hydrogens is 675 g/mol. The molecule has 9 nitrogen and oxygen atoms in total. The number of para-hydroxylation sites is 1. The standard InChI is InChI=1S/C29H38BrN5O2S.C2HF3O2/c30-24-14-16-25(17-15-24)38(36,37)33-20-23-12-10-22(11-13-23)19-32-29-34-27-9-5-4-8-26(27)28(35-29)31-18-21-6-2-1-3-7-21;3-2(4,5)1(6)7/h4-5,8-9,14-17,21-23,33H,1-3,6-7,10-13,18-20H2,(H2,31,32,34,35);(H,6,7). The van der Waals surface area contributed by atoms with Gasteiger partial charge in [-0.25, -0.2) is 22.9 Å². The van der Waals surface area contributed by atoms with Gasteiger partial charge in [0.1, 0.15) is 5.82 Å². The quantitative estimate of drug-likeness (QED) is 0.173. The molecule has 5 rings (SSSR count). The maximum atomic E-state index is 12.6. The molecule has 0 unspecified atom stereocenters. The van der Waals surface area contributed by atoms with E-state index in [0.29, 0.717) is 29.2 Å². The summed E-state index contributed by atoms with van der Waals surface area (Å²) in [7, 11) is -3.48. The Morgan fingerprint density at radius 1 is 0.822 bits per heavy atom. The SMILES string of the molecule is O=C(O)C(F)(F)F.O=S(=O)(NCC1CCC(CNc2nc(NCC3CCCCC3)c3ccccc3n2)CC1)c1ccc(Br)cc1. The first-order valence-corrected chi connectivity index (χ1v) is 17.5. The van der Waals surface area contributed by atoms with Crippen molar-refractivity contribution >= 4 is 54.6 Å². The topological polar surface area (TPSA) is 133 Å². The molecular formula is C31H39BrF3N5O4S. The molecule has 2 aliphatic carbocycles. The molecule has 0 bridgehead atoms. The number of carbonyl (C=O) groups is 1. The molecule has 1 aromatic heterocycles.